The fraction of sp³-hybridized carbons (Fsp3) is 0.333. The van der Waals surface area contributed by atoms with E-state index in [1.807, 2.05) is 32.0 Å². The number of rotatable bonds is 7. The molecule has 2 aromatic rings. The molecule has 2 rings (SSSR count). The Morgan fingerprint density at radius 3 is 2.62 bits per heavy atom. The van der Waals surface area contributed by atoms with Crippen molar-refractivity contribution in [1.82, 2.24) is 5.32 Å². The van der Waals surface area contributed by atoms with Gasteiger partial charge in [0.15, 0.2) is 6.10 Å². The molecule has 0 aliphatic rings. The largest absolute Gasteiger partial charge is 0.481 e. The molecule has 1 amide bonds. The van der Waals surface area contributed by atoms with Crippen molar-refractivity contribution in [1.29, 1.82) is 0 Å². The fourth-order valence-corrected chi connectivity index (χ4v) is 2.31. The van der Waals surface area contributed by atoms with Gasteiger partial charge >= 0.3 is 5.97 Å². The lowest BCUT2D eigenvalue weighted by molar-refractivity contribution is -0.128. The molecule has 0 saturated heterocycles. The molecular weight excluding hydrogens is 310 g/mol. The maximum atomic E-state index is 12.3. The number of aromatic carboxylic acids is 1. The molecule has 0 spiro atoms. The molecule has 0 fully saturated rings. The summed E-state index contributed by atoms with van der Waals surface area (Å²) in [6.07, 6.45) is -0.112. The molecule has 0 bridgehead atoms. The van der Waals surface area contributed by atoms with E-state index in [0.29, 0.717) is 23.7 Å². The SMILES string of the molecule is CCC(Oc1cccc(C)c1)C(=O)NCc1cc(C(=O)O)c(C)o1. The van der Waals surface area contributed by atoms with Gasteiger partial charge in [0.1, 0.15) is 22.8 Å². The summed E-state index contributed by atoms with van der Waals surface area (Å²) in [5, 5.41) is 11.7. The minimum Gasteiger partial charge on any atom is -0.481 e. The summed E-state index contributed by atoms with van der Waals surface area (Å²) in [6.45, 7) is 5.50. The predicted molar refractivity (Wildman–Crippen MR) is 88.1 cm³/mol. The van der Waals surface area contributed by atoms with Crippen LogP contribution in [0.15, 0.2) is 34.7 Å². The third kappa shape index (κ3) is 4.38. The molecule has 2 N–H and O–H groups in total. The highest BCUT2D eigenvalue weighted by atomic mass is 16.5. The summed E-state index contributed by atoms with van der Waals surface area (Å²) >= 11 is 0. The highest BCUT2D eigenvalue weighted by Gasteiger charge is 2.19. The molecule has 1 aromatic carbocycles. The molecule has 0 aliphatic carbocycles. The molecule has 0 aliphatic heterocycles. The van der Waals surface area contributed by atoms with Crippen molar-refractivity contribution in [3.63, 3.8) is 0 Å². The van der Waals surface area contributed by atoms with E-state index in [2.05, 4.69) is 5.32 Å². The summed E-state index contributed by atoms with van der Waals surface area (Å²) < 4.78 is 11.1. The van der Waals surface area contributed by atoms with Gasteiger partial charge in [-0.05, 0) is 44.0 Å². The van der Waals surface area contributed by atoms with Crippen molar-refractivity contribution in [2.24, 2.45) is 0 Å². The zero-order valence-corrected chi connectivity index (χ0v) is 14.0. The lowest BCUT2D eigenvalue weighted by atomic mass is 10.2. The second-order valence-electron chi connectivity index (χ2n) is 5.54. The fourth-order valence-electron chi connectivity index (χ4n) is 2.31. The summed E-state index contributed by atoms with van der Waals surface area (Å²) in [5.74, 6) is 0.0189. The predicted octanol–water partition coefficient (Wildman–Crippen LogP) is 3.07. The summed E-state index contributed by atoms with van der Waals surface area (Å²) in [5.41, 5.74) is 1.15. The summed E-state index contributed by atoms with van der Waals surface area (Å²) in [7, 11) is 0. The highest BCUT2D eigenvalue weighted by Crippen LogP contribution is 2.17. The third-order valence-electron chi connectivity index (χ3n) is 3.57. The summed E-state index contributed by atoms with van der Waals surface area (Å²) in [4.78, 5) is 23.3. The number of carbonyl (C=O) groups is 2. The van der Waals surface area contributed by atoms with E-state index >= 15 is 0 Å². The van der Waals surface area contributed by atoms with Crippen LogP contribution in [0, 0.1) is 13.8 Å². The Balaban J connectivity index is 1.97. The van der Waals surface area contributed by atoms with Gasteiger partial charge < -0.3 is 19.6 Å². The van der Waals surface area contributed by atoms with Crippen molar-refractivity contribution in [3.05, 3.63) is 53.0 Å². The summed E-state index contributed by atoms with van der Waals surface area (Å²) in [6, 6.07) is 8.91. The van der Waals surface area contributed by atoms with Crippen molar-refractivity contribution in [3.8, 4) is 5.75 Å². The number of amides is 1. The number of aryl methyl sites for hydroxylation is 2. The van der Waals surface area contributed by atoms with Gasteiger partial charge in [0.05, 0.1) is 6.54 Å². The van der Waals surface area contributed by atoms with Crippen LogP contribution < -0.4 is 10.1 Å². The Kier molecular flexibility index (Phi) is 5.63. The molecule has 0 saturated carbocycles. The lowest BCUT2D eigenvalue weighted by Crippen LogP contribution is -2.37. The maximum Gasteiger partial charge on any atom is 0.339 e. The lowest BCUT2D eigenvalue weighted by Gasteiger charge is -2.17. The van der Waals surface area contributed by atoms with E-state index in [0.717, 1.165) is 5.56 Å². The Bertz CT molecular complexity index is 735. The van der Waals surface area contributed by atoms with Crippen molar-refractivity contribution in [2.45, 2.75) is 39.8 Å². The molecule has 128 valence electrons. The van der Waals surface area contributed by atoms with Crippen LogP contribution in [0.1, 0.15) is 40.8 Å². The van der Waals surface area contributed by atoms with E-state index in [4.69, 9.17) is 14.3 Å². The van der Waals surface area contributed by atoms with Crippen molar-refractivity contribution >= 4 is 11.9 Å². The Hall–Kier alpha value is -2.76. The van der Waals surface area contributed by atoms with E-state index in [9.17, 15) is 9.59 Å². The van der Waals surface area contributed by atoms with Crippen LogP contribution in [0.3, 0.4) is 0 Å². The van der Waals surface area contributed by atoms with Crippen LogP contribution in [0.4, 0.5) is 0 Å². The minimum atomic E-state index is -1.05. The number of hydrogen-bond acceptors (Lipinski definition) is 4. The first-order valence-electron chi connectivity index (χ1n) is 7.74. The van der Waals surface area contributed by atoms with Crippen LogP contribution in [0.25, 0.3) is 0 Å². The van der Waals surface area contributed by atoms with Gasteiger partial charge in [0.2, 0.25) is 0 Å². The Morgan fingerprint density at radius 1 is 1.29 bits per heavy atom. The number of benzene rings is 1. The topological polar surface area (TPSA) is 88.8 Å². The number of carboxylic acid groups (broad SMARTS) is 1. The van der Waals surface area contributed by atoms with E-state index in [1.165, 1.54) is 6.07 Å². The number of hydrogen-bond donors (Lipinski definition) is 2. The van der Waals surface area contributed by atoms with E-state index in [1.54, 1.807) is 13.0 Å². The normalized spacial score (nSPS) is 11.8. The molecule has 6 heteroatoms. The Morgan fingerprint density at radius 2 is 2.04 bits per heavy atom. The average Bonchev–Trinajstić information content (AvgIpc) is 2.91. The maximum absolute atomic E-state index is 12.3. The monoisotopic (exact) mass is 331 g/mol. The quantitative estimate of drug-likeness (QED) is 0.814. The molecule has 1 aromatic heterocycles. The first kappa shape index (κ1) is 17.6. The number of carbonyl (C=O) groups excluding carboxylic acids is 1. The first-order chi connectivity index (χ1) is 11.4. The van der Waals surface area contributed by atoms with Gasteiger partial charge in [-0.3, -0.25) is 4.79 Å². The number of carboxylic acids is 1. The number of ether oxygens (including phenoxy) is 1. The van der Waals surface area contributed by atoms with Crippen molar-refractivity contribution < 1.29 is 23.8 Å². The van der Waals surface area contributed by atoms with Crippen LogP contribution in [-0.2, 0) is 11.3 Å². The second kappa shape index (κ2) is 7.68. The molecule has 1 atom stereocenters. The van der Waals surface area contributed by atoms with E-state index < -0.39 is 12.1 Å². The van der Waals surface area contributed by atoms with Gasteiger partial charge in [-0.15, -0.1) is 0 Å². The zero-order valence-electron chi connectivity index (χ0n) is 14.0. The van der Waals surface area contributed by atoms with Gasteiger partial charge in [-0.1, -0.05) is 19.1 Å². The molecule has 1 heterocycles. The molecule has 1 unspecified atom stereocenters. The van der Waals surface area contributed by atoms with Crippen molar-refractivity contribution in [2.75, 3.05) is 0 Å². The molecule has 24 heavy (non-hydrogen) atoms. The van der Waals surface area contributed by atoms with Gasteiger partial charge in [0, 0.05) is 0 Å². The standard InChI is InChI=1S/C18H21NO5/c1-4-16(24-13-7-5-6-11(2)8-13)17(20)19-10-14-9-15(18(21)22)12(3)23-14/h5-9,16H,4,10H2,1-3H3,(H,19,20)(H,21,22). The Labute approximate surface area is 140 Å². The highest BCUT2D eigenvalue weighted by molar-refractivity contribution is 5.88. The molecular formula is C18H21NO5. The van der Waals surface area contributed by atoms with Crippen LogP contribution in [-0.4, -0.2) is 23.1 Å². The third-order valence-corrected chi connectivity index (χ3v) is 3.57. The second-order valence-corrected chi connectivity index (χ2v) is 5.54. The van der Waals surface area contributed by atoms with Gasteiger partial charge in [-0.2, -0.15) is 0 Å². The number of nitrogens with one attached hydrogen (secondary N) is 1. The van der Waals surface area contributed by atoms with E-state index in [-0.39, 0.29) is 18.0 Å². The van der Waals surface area contributed by atoms with Gasteiger partial charge in [0.25, 0.3) is 5.91 Å². The minimum absolute atomic E-state index is 0.0994. The average molecular weight is 331 g/mol. The zero-order chi connectivity index (χ0) is 17.7. The molecule has 6 nitrogen and oxygen atoms in total. The van der Waals surface area contributed by atoms with Crippen LogP contribution in [0.2, 0.25) is 0 Å². The van der Waals surface area contributed by atoms with Gasteiger partial charge in [-0.25, -0.2) is 4.79 Å². The molecule has 0 radical (unpaired) electrons. The van der Waals surface area contributed by atoms with Crippen LogP contribution in [0.5, 0.6) is 5.75 Å². The first-order valence-corrected chi connectivity index (χ1v) is 7.74. The van der Waals surface area contributed by atoms with Crippen LogP contribution >= 0.6 is 0 Å². The smallest absolute Gasteiger partial charge is 0.339 e. The number of furan rings is 1.